The summed E-state index contributed by atoms with van der Waals surface area (Å²) in [7, 11) is 0. The Morgan fingerprint density at radius 1 is 1.12 bits per heavy atom. The van der Waals surface area contributed by atoms with Gasteiger partial charge in [-0.05, 0) is 42.7 Å². The van der Waals surface area contributed by atoms with Crippen molar-refractivity contribution in [2.75, 3.05) is 11.9 Å². The van der Waals surface area contributed by atoms with Crippen LogP contribution in [-0.2, 0) is 19.7 Å². The van der Waals surface area contributed by atoms with Gasteiger partial charge in [-0.3, -0.25) is 9.59 Å². The number of halogens is 3. The van der Waals surface area contributed by atoms with E-state index in [2.05, 4.69) is 5.32 Å². The highest BCUT2D eigenvalue weighted by molar-refractivity contribution is 6.30. The van der Waals surface area contributed by atoms with Crippen LogP contribution in [0, 0.1) is 11.6 Å². The summed E-state index contributed by atoms with van der Waals surface area (Å²) in [6.07, 6.45) is 2.12. The molecule has 7 heteroatoms. The number of ether oxygens (including phenoxy) is 1. The van der Waals surface area contributed by atoms with E-state index in [1.807, 2.05) is 6.07 Å². The quantitative estimate of drug-likeness (QED) is 0.791. The van der Waals surface area contributed by atoms with Gasteiger partial charge in [0, 0.05) is 16.8 Å². The van der Waals surface area contributed by atoms with Crippen LogP contribution in [0.3, 0.4) is 0 Å². The van der Waals surface area contributed by atoms with E-state index < -0.39 is 35.5 Å². The van der Waals surface area contributed by atoms with Crippen LogP contribution in [-0.4, -0.2) is 18.5 Å². The Kier molecular flexibility index (Phi) is 5.23. The number of carbonyl (C=O) groups excluding carboxylic acids is 2. The second-order valence-electron chi connectivity index (χ2n) is 6.20. The molecule has 0 radical (unpaired) electrons. The topological polar surface area (TPSA) is 55.4 Å². The van der Waals surface area contributed by atoms with Gasteiger partial charge in [-0.25, -0.2) is 8.78 Å². The number of carbonyl (C=O) groups is 2. The molecule has 1 aliphatic carbocycles. The summed E-state index contributed by atoms with van der Waals surface area (Å²) in [6.45, 7) is -0.514. The number of esters is 1. The molecule has 0 heterocycles. The molecule has 1 aliphatic rings. The standard InChI is InChI=1S/C19H16ClF2NO3/c20-13-4-1-3-12(9-13)19(7-2-8-19)18(25)26-11-17(24)23-14-5-6-15(21)16(22)10-14/h1,3-6,9-10H,2,7-8,11H2,(H,23,24). The lowest BCUT2D eigenvalue weighted by Crippen LogP contribution is -2.44. The molecule has 1 amide bonds. The fraction of sp³-hybridized carbons (Fsp3) is 0.263. The third-order valence-electron chi connectivity index (χ3n) is 4.51. The van der Waals surface area contributed by atoms with Crippen LogP contribution in [0.2, 0.25) is 5.02 Å². The Labute approximate surface area is 154 Å². The summed E-state index contributed by atoms with van der Waals surface area (Å²) in [6, 6.07) is 10.0. The van der Waals surface area contributed by atoms with Gasteiger partial charge >= 0.3 is 5.97 Å². The monoisotopic (exact) mass is 379 g/mol. The maximum Gasteiger partial charge on any atom is 0.317 e. The lowest BCUT2D eigenvalue weighted by Gasteiger charge is -2.39. The van der Waals surface area contributed by atoms with E-state index in [1.54, 1.807) is 18.2 Å². The molecule has 1 N–H and O–H groups in total. The second-order valence-corrected chi connectivity index (χ2v) is 6.64. The van der Waals surface area contributed by atoms with Gasteiger partial charge in [0.1, 0.15) is 0 Å². The molecule has 3 rings (SSSR count). The van der Waals surface area contributed by atoms with Crippen molar-refractivity contribution in [3.8, 4) is 0 Å². The number of hydrogen-bond donors (Lipinski definition) is 1. The van der Waals surface area contributed by atoms with Gasteiger partial charge in [0.15, 0.2) is 18.2 Å². The van der Waals surface area contributed by atoms with Crippen LogP contribution in [0.15, 0.2) is 42.5 Å². The predicted molar refractivity (Wildman–Crippen MR) is 92.9 cm³/mol. The molecule has 0 atom stereocenters. The molecule has 2 aromatic carbocycles. The number of nitrogens with one attached hydrogen (secondary N) is 1. The number of anilines is 1. The lowest BCUT2D eigenvalue weighted by molar-refractivity contribution is -0.156. The SMILES string of the molecule is O=C(COC(=O)C1(c2cccc(Cl)c2)CCC1)Nc1ccc(F)c(F)c1. The minimum absolute atomic E-state index is 0.0816. The van der Waals surface area contributed by atoms with Crippen LogP contribution >= 0.6 is 11.6 Å². The maximum atomic E-state index is 13.2. The first kappa shape index (κ1) is 18.3. The molecule has 0 bridgehead atoms. The summed E-state index contributed by atoms with van der Waals surface area (Å²) in [4.78, 5) is 24.5. The molecule has 0 saturated heterocycles. The normalized spacial score (nSPS) is 15.0. The maximum absolute atomic E-state index is 13.2. The van der Waals surface area contributed by atoms with Crippen molar-refractivity contribution in [2.45, 2.75) is 24.7 Å². The van der Waals surface area contributed by atoms with Crippen molar-refractivity contribution in [3.05, 3.63) is 64.7 Å². The molecular formula is C19H16ClF2NO3. The Morgan fingerprint density at radius 2 is 1.88 bits per heavy atom. The van der Waals surface area contributed by atoms with Gasteiger partial charge in [-0.15, -0.1) is 0 Å². The van der Waals surface area contributed by atoms with E-state index in [0.717, 1.165) is 24.1 Å². The third-order valence-corrected chi connectivity index (χ3v) is 4.75. The number of hydrogen-bond acceptors (Lipinski definition) is 3. The zero-order chi connectivity index (χ0) is 18.7. The number of benzene rings is 2. The Balaban J connectivity index is 1.62. The number of rotatable bonds is 5. The Morgan fingerprint density at radius 3 is 2.50 bits per heavy atom. The summed E-state index contributed by atoms with van der Waals surface area (Å²) in [5.74, 6) is -3.21. The summed E-state index contributed by atoms with van der Waals surface area (Å²) >= 11 is 6.00. The van der Waals surface area contributed by atoms with Crippen LogP contribution in [0.25, 0.3) is 0 Å². The third kappa shape index (κ3) is 3.70. The van der Waals surface area contributed by atoms with Gasteiger partial charge in [-0.1, -0.05) is 30.2 Å². The van der Waals surface area contributed by atoms with Crippen molar-refractivity contribution >= 4 is 29.2 Å². The highest BCUT2D eigenvalue weighted by Crippen LogP contribution is 2.45. The fourth-order valence-corrected chi connectivity index (χ4v) is 3.16. The minimum atomic E-state index is -1.07. The predicted octanol–water partition coefficient (Wildman–Crippen LogP) is 4.22. The first-order valence-electron chi connectivity index (χ1n) is 8.09. The van der Waals surface area contributed by atoms with Crippen LogP contribution in [0.5, 0.6) is 0 Å². The molecule has 0 aromatic heterocycles. The summed E-state index contributed by atoms with van der Waals surface area (Å²) in [5.41, 5.74) is 0.0630. The highest BCUT2D eigenvalue weighted by atomic mass is 35.5. The van der Waals surface area contributed by atoms with Crippen molar-refractivity contribution in [3.63, 3.8) is 0 Å². The van der Waals surface area contributed by atoms with Crippen LogP contribution in [0.4, 0.5) is 14.5 Å². The molecule has 1 fully saturated rings. The smallest absolute Gasteiger partial charge is 0.317 e. The molecule has 26 heavy (non-hydrogen) atoms. The van der Waals surface area contributed by atoms with E-state index in [9.17, 15) is 18.4 Å². The first-order chi connectivity index (χ1) is 12.4. The second kappa shape index (κ2) is 7.41. The van der Waals surface area contributed by atoms with Crippen molar-refractivity contribution < 1.29 is 23.1 Å². The van der Waals surface area contributed by atoms with Crippen LogP contribution < -0.4 is 5.32 Å². The Hall–Kier alpha value is -2.47. The fourth-order valence-electron chi connectivity index (χ4n) is 2.97. The highest BCUT2D eigenvalue weighted by Gasteiger charge is 2.47. The molecule has 0 spiro atoms. The van der Waals surface area contributed by atoms with E-state index >= 15 is 0 Å². The van der Waals surface area contributed by atoms with Gasteiger partial charge in [0.05, 0.1) is 5.41 Å². The largest absolute Gasteiger partial charge is 0.455 e. The van der Waals surface area contributed by atoms with Gasteiger partial charge in [0.2, 0.25) is 0 Å². The Bertz CT molecular complexity index is 852. The van der Waals surface area contributed by atoms with Crippen molar-refractivity contribution in [2.24, 2.45) is 0 Å². The summed E-state index contributed by atoms with van der Waals surface area (Å²) < 4.78 is 31.2. The zero-order valence-corrected chi connectivity index (χ0v) is 14.5. The van der Waals surface area contributed by atoms with Gasteiger partial charge in [-0.2, -0.15) is 0 Å². The van der Waals surface area contributed by atoms with E-state index in [-0.39, 0.29) is 5.69 Å². The molecule has 0 aliphatic heterocycles. The van der Waals surface area contributed by atoms with Crippen molar-refractivity contribution in [1.29, 1.82) is 0 Å². The zero-order valence-electron chi connectivity index (χ0n) is 13.7. The average Bonchev–Trinajstić information content (AvgIpc) is 2.55. The molecule has 0 unspecified atom stereocenters. The van der Waals surface area contributed by atoms with E-state index in [1.165, 1.54) is 6.07 Å². The molecule has 1 saturated carbocycles. The minimum Gasteiger partial charge on any atom is -0.455 e. The van der Waals surface area contributed by atoms with Gasteiger partial charge in [0.25, 0.3) is 5.91 Å². The first-order valence-corrected chi connectivity index (χ1v) is 8.47. The molecule has 136 valence electrons. The summed E-state index contributed by atoms with van der Waals surface area (Å²) in [5, 5.41) is 2.88. The van der Waals surface area contributed by atoms with E-state index in [0.29, 0.717) is 17.9 Å². The molecule has 4 nitrogen and oxygen atoms in total. The van der Waals surface area contributed by atoms with Crippen LogP contribution in [0.1, 0.15) is 24.8 Å². The van der Waals surface area contributed by atoms with Crippen molar-refractivity contribution in [1.82, 2.24) is 0 Å². The van der Waals surface area contributed by atoms with Gasteiger partial charge < -0.3 is 10.1 Å². The average molecular weight is 380 g/mol. The molecular weight excluding hydrogens is 364 g/mol. The lowest BCUT2D eigenvalue weighted by atomic mass is 9.64. The number of amides is 1. The molecule has 2 aromatic rings. The van der Waals surface area contributed by atoms with E-state index in [4.69, 9.17) is 16.3 Å².